The maximum absolute atomic E-state index is 11.8. The number of carbonyl (C=O) groups is 2. The molecule has 0 spiro atoms. The standard InChI is InChI=1S/C11H17NO2/c1-6(2)11(14)12-5-8-4-9(8)10(12)7(3)13/h6,8-10H,4-5H2,1-3H3. The van der Waals surface area contributed by atoms with Gasteiger partial charge in [-0.3, -0.25) is 9.59 Å². The summed E-state index contributed by atoms with van der Waals surface area (Å²) in [6, 6.07) is -0.102. The number of amides is 1. The van der Waals surface area contributed by atoms with E-state index < -0.39 is 0 Å². The third kappa shape index (κ3) is 1.35. The van der Waals surface area contributed by atoms with E-state index in [-0.39, 0.29) is 23.7 Å². The molecule has 78 valence electrons. The van der Waals surface area contributed by atoms with Crippen LogP contribution in [0.2, 0.25) is 0 Å². The van der Waals surface area contributed by atoms with Crippen molar-refractivity contribution in [3.63, 3.8) is 0 Å². The number of fused-ring (bicyclic) bond motifs is 1. The number of Topliss-reactive ketones (excluding diaryl/α,β-unsaturated/α-hetero) is 1. The molecule has 0 radical (unpaired) electrons. The van der Waals surface area contributed by atoms with E-state index in [2.05, 4.69) is 0 Å². The van der Waals surface area contributed by atoms with Gasteiger partial charge in [-0.2, -0.15) is 0 Å². The fraction of sp³-hybridized carbons (Fsp3) is 0.818. The first-order chi connectivity index (χ1) is 6.52. The van der Waals surface area contributed by atoms with Crippen LogP contribution in [0.3, 0.4) is 0 Å². The topological polar surface area (TPSA) is 37.4 Å². The van der Waals surface area contributed by atoms with Crippen molar-refractivity contribution < 1.29 is 9.59 Å². The van der Waals surface area contributed by atoms with E-state index in [1.54, 1.807) is 11.8 Å². The summed E-state index contributed by atoms with van der Waals surface area (Å²) < 4.78 is 0. The van der Waals surface area contributed by atoms with E-state index in [4.69, 9.17) is 0 Å². The maximum atomic E-state index is 11.8. The van der Waals surface area contributed by atoms with Crippen molar-refractivity contribution in [3.05, 3.63) is 0 Å². The second kappa shape index (κ2) is 3.07. The lowest BCUT2D eigenvalue weighted by Gasteiger charge is -2.27. The van der Waals surface area contributed by atoms with E-state index in [9.17, 15) is 9.59 Å². The summed E-state index contributed by atoms with van der Waals surface area (Å²) >= 11 is 0. The van der Waals surface area contributed by atoms with Crippen LogP contribution in [0.4, 0.5) is 0 Å². The van der Waals surface area contributed by atoms with Gasteiger partial charge in [-0.25, -0.2) is 0 Å². The number of hydrogen-bond donors (Lipinski definition) is 0. The Bertz CT molecular complexity index is 285. The molecule has 3 atom stereocenters. The van der Waals surface area contributed by atoms with Crippen molar-refractivity contribution in [1.82, 2.24) is 4.90 Å². The Morgan fingerprint density at radius 2 is 2.00 bits per heavy atom. The van der Waals surface area contributed by atoms with Crippen LogP contribution in [0.5, 0.6) is 0 Å². The zero-order valence-corrected chi connectivity index (χ0v) is 8.99. The lowest BCUT2D eigenvalue weighted by atomic mass is 10.1. The Kier molecular flexibility index (Phi) is 2.13. The summed E-state index contributed by atoms with van der Waals surface area (Å²) in [7, 11) is 0. The lowest BCUT2D eigenvalue weighted by molar-refractivity contribution is -0.140. The van der Waals surface area contributed by atoms with Crippen LogP contribution in [0, 0.1) is 17.8 Å². The average molecular weight is 195 g/mol. The molecule has 0 bridgehead atoms. The number of rotatable bonds is 2. The highest BCUT2D eigenvalue weighted by molar-refractivity contribution is 5.89. The minimum Gasteiger partial charge on any atom is -0.332 e. The molecule has 3 heteroatoms. The highest BCUT2D eigenvalue weighted by atomic mass is 16.2. The molecule has 14 heavy (non-hydrogen) atoms. The molecule has 1 saturated heterocycles. The quantitative estimate of drug-likeness (QED) is 0.661. The summed E-state index contributed by atoms with van der Waals surface area (Å²) in [6.07, 6.45) is 1.14. The monoisotopic (exact) mass is 195 g/mol. The third-order valence-electron chi connectivity index (χ3n) is 3.34. The molecule has 2 fully saturated rings. The Hall–Kier alpha value is -0.860. The first-order valence-electron chi connectivity index (χ1n) is 5.33. The number of ketones is 1. The van der Waals surface area contributed by atoms with Gasteiger partial charge in [-0.1, -0.05) is 13.8 Å². The van der Waals surface area contributed by atoms with Gasteiger partial charge >= 0.3 is 0 Å². The molecular formula is C11H17NO2. The number of likely N-dealkylation sites (tertiary alicyclic amines) is 1. The average Bonchev–Trinajstić information content (AvgIpc) is 2.74. The Labute approximate surface area is 84.5 Å². The third-order valence-corrected chi connectivity index (χ3v) is 3.34. The molecule has 1 aliphatic carbocycles. The Morgan fingerprint density at radius 1 is 1.36 bits per heavy atom. The van der Waals surface area contributed by atoms with E-state index >= 15 is 0 Å². The van der Waals surface area contributed by atoms with Crippen molar-refractivity contribution >= 4 is 11.7 Å². The number of hydrogen-bond acceptors (Lipinski definition) is 2. The van der Waals surface area contributed by atoms with Crippen LogP contribution in [0.25, 0.3) is 0 Å². The summed E-state index contributed by atoms with van der Waals surface area (Å²) in [5.74, 6) is 1.40. The van der Waals surface area contributed by atoms with Gasteiger partial charge in [0.05, 0.1) is 6.04 Å². The van der Waals surface area contributed by atoms with Crippen molar-refractivity contribution in [2.45, 2.75) is 33.2 Å². The van der Waals surface area contributed by atoms with Crippen molar-refractivity contribution in [2.75, 3.05) is 6.54 Å². The summed E-state index contributed by atoms with van der Waals surface area (Å²) in [5, 5.41) is 0. The van der Waals surface area contributed by atoms with Gasteiger partial charge in [0.1, 0.15) is 0 Å². The van der Waals surface area contributed by atoms with Crippen LogP contribution >= 0.6 is 0 Å². The second-order valence-corrected chi connectivity index (χ2v) is 4.86. The summed E-state index contributed by atoms with van der Waals surface area (Å²) in [6.45, 7) is 6.20. The molecule has 3 nitrogen and oxygen atoms in total. The fourth-order valence-electron chi connectivity index (χ4n) is 2.54. The SMILES string of the molecule is CC(=O)C1C2CC2CN1C(=O)C(C)C. The largest absolute Gasteiger partial charge is 0.332 e. The summed E-state index contributed by atoms with van der Waals surface area (Å²) in [4.78, 5) is 25.0. The zero-order valence-electron chi connectivity index (χ0n) is 8.99. The Balaban J connectivity index is 2.12. The molecule has 0 aromatic heterocycles. The fourth-order valence-corrected chi connectivity index (χ4v) is 2.54. The number of nitrogens with zero attached hydrogens (tertiary/aromatic N) is 1. The molecule has 2 rings (SSSR count). The van der Waals surface area contributed by atoms with Gasteiger partial charge in [-0.05, 0) is 25.2 Å². The molecule has 0 N–H and O–H groups in total. The van der Waals surface area contributed by atoms with E-state index in [1.165, 1.54) is 0 Å². The molecular weight excluding hydrogens is 178 g/mol. The van der Waals surface area contributed by atoms with Crippen LogP contribution in [-0.4, -0.2) is 29.2 Å². The predicted octanol–water partition coefficient (Wildman–Crippen LogP) is 1.08. The van der Waals surface area contributed by atoms with Gasteiger partial charge < -0.3 is 4.90 Å². The van der Waals surface area contributed by atoms with E-state index in [0.29, 0.717) is 11.8 Å². The van der Waals surface area contributed by atoms with Crippen molar-refractivity contribution in [1.29, 1.82) is 0 Å². The zero-order chi connectivity index (χ0) is 10.5. The second-order valence-electron chi connectivity index (χ2n) is 4.86. The molecule has 0 aromatic rings. The van der Waals surface area contributed by atoms with Crippen LogP contribution in [-0.2, 0) is 9.59 Å². The normalized spacial score (nSPS) is 34.6. The molecule has 1 saturated carbocycles. The molecule has 1 aliphatic heterocycles. The van der Waals surface area contributed by atoms with Gasteiger partial charge in [0.15, 0.2) is 5.78 Å². The number of piperidine rings is 1. The van der Waals surface area contributed by atoms with Crippen molar-refractivity contribution in [2.24, 2.45) is 17.8 Å². The molecule has 3 unspecified atom stereocenters. The summed E-state index contributed by atoms with van der Waals surface area (Å²) in [5.41, 5.74) is 0. The maximum Gasteiger partial charge on any atom is 0.225 e. The first kappa shape index (κ1) is 9.69. The van der Waals surface area contributed by atoms with Crippen molar-refractivity contribution in [3.8, 4) is 0 Å². The first-order valence-corrected chi connectivity index (χ1v) is 5.33. The van der Waals surface area contributed by atoms with E-state index in [0.717, 1.165) is 13.0 Å². The lowest BCUT2D eigenvalue weighted by Crippen LogP contribution is -2.44. The van der Waals surface area contributed by atoms with Crippen LogP contribution in [0.15, 0.2) is 0 Å². The minimum atomic E-state index is -0.102. The molecule has 1 heterocycles. The predicted molar refractivity (Wildman–Crippen MR) is 52.6 cm³/mol. The van der Waals surface area contributed by atoms with Crippen LogP contribution < -0.4 is 0 Å². The smallest absolute Gasteiger partial charge is 0.225 e. The number of carbonyl (C=O) groups excluding carboxylic acids is 2. The molecule has 2 aliphatic rings. The van der Waals surface area contributed by atoms with E-state index in [1.807, 2.05) is 13.8 Å². The molecule has 0 aromatic carbocycles. The van der Waals surface area contributed by atoms with Gasteiger partial charge in [-0.15, -0.1) is 0 Å². The Morgan fingerprint density at radius 3 is 2.50 bits per heavy atom. The van der Waals surface area contributed by atoms with Gasteiger partial charge in [0.25, 0.3) is 0 Å². The van der Waals surface area contributed by atoms with Gasteiger partial charge in [0, 0.05) is 12.5 Å². The minimum absolute atomic E-state index is 0.00866. The molecule has 1 amide bonds. The highest BCUT2D eigenvalue weighted by Gasteiger charge is 2.55. The van der Waals surface area contributed by atoms with Gasteiger partial charge in [0.2, 0.25) is 5.91 Å². The van der Waals surface area contributed by atoms with Crippen LogP contribution in [0.1, 0.15) is 27.2 Å². The highest BCUT2D eigenvalue weighted by Crippen LogP contribution is 2.50.